The van der Waals surface area contributed by atoms with Crippen molar-refractivity contribution in [3.05, 3.63) is 47.7 Å². The molecule has 0 bridgehead atoms. The number of aliphatic hydroxyl groups excluding tert-OH is 1. The number of esters is 1. The molecular weight excluding hydrogens is 336 g/mol. The Hall–Kier alpha value is -1.61. The maximum absolute atomic E-state index is 11.8. The zero-order valence-electron chi connectivity index (χ0n) is 17.6. The minimum atomic E-state index is -0.402. The van der Waals surface area contributed by atoms with Gasteiger partial charge in [-0.1, -0.05) is 84.1 Å². The molecule has 1 aromatic rings. The summed E-state index contributed by atoms with van der Waals surface area (Å²) >= 11 is 0. The van der Waals surface area contributed by atoms with Gasteiger partial charge < -0.3 is 9.84 Å². The maximum Gasteiger partial charge on any atom is 0.310 e. The third-order valence-corrected chi connectivity index (χ3v) is 4.99. The van der Waals surface area contributed by atoms with Gasteiger partial charge in [-0.2, -0.15) is 0 Å². The van der Waals surface area contributed by atoms with Crippen LogP contribution in [0.15, 0.2) is 36.6 Å². The van der Waals surface area contributed by atoms with Crippen LogP contribution in [-0.2, 0) is 9.53 Å². The molecule has 2 atom stereocenters. The van der Waals surface area contributed by atoms with Gasteiger partial charge in [-0.3, -0.25) is 4.79 Å². The number of hydrogen-bond acceptors (Lipinski definition) is 3. The van der Waals surface area contributed by atoms with Crippen LogP contribution >= 0.6 is 0 Å². The second-order valence-corrected chi connectivity index (χ2v) is 7.83. The molecule has 0 radical (unpaired) electrons. The zero-order valence-corrected chi connectivity index (χ0v) is 17.6. The molecule has 3 heteroatoms. The van der Waals surface area contributed by atoms with E-state index in [1.54, 1.807) is 0 Å². The highest BCUT2D eigenvalue weighted by Gasteiger charge is 2.09. The van der Waals surface area contributed by atoms with E-state index < -0.39 is 6.10 Å². The molecule has 3 nitrogen and oxygen atoms in total. The molecule has 1 aromatic carbocycles. The van der Waals surface area contributed by atoms with Gasteiger partial charge in [-0.15, -0.1) is 0 Å². The minimum absolute atomic E-state index is 0.185. The van der Waals surface area contributed by atoms with Crippen LogP contribution in [0.3, 0.4) is 0 Å². The van der Waals surface area contributed by atoms with E-state index in [-0.39, 0.29) is 18.3 Å². The standard InChI is InChI=1S/C24H38O3/c1-5-6-7-8-9-13-23(25)14-15-24(26)27-17-16-20(4)22-12-10-11-21(18-22)19(2)3/h10-12,16-20,23,25H,5-9,13-15H2,1-4H3/b17-16+. The second-order valence-electron chi connectivity index (χ2n) is 7.83. The number of aliphatic hydroxyl groups is 1. The molecule has 0 saturated carbocycles. The summed E-state index contributed by atoms with van der Waals surface area (Å²) < 4.78 is 5.19. The monoisotopic (exact) mass is 374 g/mol. The van der Waals surface area contributed by atoms with Gasteiger partial charge in [0.15, 0.2) is 0 Å². The topological polar surface area (TPSA) is 46.5 Å². The van der Waals surface area contributed by atoms with Crippen LogP contribution in [0.25, 0.3) is 0 Å². The third kappa shape index (κ3) is 10.3. The van der Waals surface area contributed by atoms with E-state index in [0.29, 0.717) is 12.3 Å². The average molecular weight is 375 g/mol. The van der Waals surface area contributed by atoms with Crippen LogP contribution in [0.1, 0.15) is 102 Å². The summed E-state index contributed by atoms with van der Waals surface area (Å²) in [5.74, 6) is 0.404. The quantitative estimate of drug-likeness (QED) is 0.244. The zero-order chi connectivity index (χ0) is 20.1. The predicted molar refractivity (Wildman–Crippen MR) is 113 cm³/mol. The van der Waals surface area contributed by atoms with Gasteiger partial charge in [0.25, 0.3) is 0 Å². The molecule has 0 fully saturated rings. The Morgan fingerprint density at radius 3 is 2.48 bits per heavy atom. The number of hydrogen-bond donors (Lipinski definition) is 1. The first-order valence-corrected chi connectivity index (χ1v) is 10.6. The molecule has 0 spiro atoms. The number of allylic oxidation sites excluding steroid dienone is 1. The molecule has 0 heterocycles. The lowest BCUT2D eigenvalue weighted by atomic mass is 9.95. The Labute approximate surface area is 165 Å². The van der Waals surface area contributed by atoms with Gasteiger partial charge in [-0.25, -0.2) is 0 Å². The summed E-state index contributed by atoms with van der Waals surface area (Å²) in [4.78, 5) is 11.8. The first kappa shape index (κ1) is 23.4. The molecule has 0 aromatic heterocycles. The Bertz CT molecular complexity index is 562. The summed E-state index contributed by atoms with van der Waals surface area (Å²) in [6.45, 7) is 8.65. The maximum atomic E-state index is 11.8. The summed E-state index contributed by atoms with van der Waals surface area (Å²) in [5.41, 5.74) is 2.53. The first-order chi connectivity index (χ1) is 12.9. The third-order valence-electron chi connectivity index (χ3n) is 4.99. The molecule has 27 heavy (non-hydrogen) atoms. The van der Waals surface area contributed by atoms with E-state index in [2.05, 4.69) is 52.0 Å². The van der Waals surface area contributed by atoms with Crippen molar-refractivity contribution < 1.29 is 14.6 Å². The van der Waals surface area contributed by atoms with E-state index in [1.165, 1.54) is 36.7 Å². The van der Waals surface area contributed by atoms with E-state index in [4.69, 9.17) is 4.74 Å². The molecule has 2 unspecified atom stereocenters. The van der Waals surface area contributed by atoms with Crippen LogP contribution in [0.4, 0.5) is 0 Å². The van der Waals surface area contributed by atoms with Crippen molar-refractivity contribution in [1.29, 1.82) is 0 Å². The second kappa shape index (κ2) is 13.5. The largest absolute Gasteiger partial charge is 0.435 e. The lowest BCUT2D eigenvalue weighted by Gasteiger charge is -2.11. The van der Waals surface area contributed by atoms with Gasteiger partial charge in [0, 0.05) is 12.3 Å². The summed E-state index contributed by atoms with van der Waals surface area (Å²) in [6.07, 6.45) is 10.4. The molecule has 152 valence electrons. The minimum Gasteiger partial charge on any atom is -0.435 e. The Morgan fingerprint density at radius 2 is 1.78 bits per heavy atom. The van der Waals surface area contributed by atoms with Crippen LogP contribution in [0.5, 0.6) is 0 Å². The van der Waals surface area contributed by atoms with Gasteiger partial charge in [-0.05, 0) is 36.0 Å². The SMILES string of the molecule is CCCCCCCC(O)CCC(=O)O/C=C/C(C)c1cccc(C(C)C)c1. The lowest BCUT2D eigenvalue weighted by molar-refractivity contribution is -0.138. The van der Waals surface area contributed by atoms with Crippen LogP contribution < -0.4 is 0 Å². The number of carbonyl (C=O) groups is 1. The average Bonchev–Trinajstić information content (AvgIpc) is 2.66. The number of unbranched alkanes of at least 4 members (excludes halogenated alkanes) is 4. The highest BCUT2D eigenvalue weighted by Crippen LogP contribution is 2.22. The number of benzene rings is 1. The fourth-order valence-electron chi connectivity index (χ4n) is 3.02. The molecule has 0 aliphatic rings. The highest BCUT2D eigenvalue weighted by atomic mass is 16.5. The van der Waals surface area contributed by atoms with Gasteiger partial charge in [0.1, 0.15) is 0 Å². The van der Waals surface area contributed by atoms with Gasteiger partial charge in [0.2, 0.25) is 0 Å². The van der Waals surface area contributed by atoms with E-state index in [9.17, 15) is 9.90 Å². The molecule has 1 rings (SSSR count). The van der Waals surface area contributed by atoms with Crippen LogP contribution in [-0.4, -0.2) is 17.2 Å². The molecular formula is C24H38O3. The van der Waals surface area contributed by atoms with E-state index in [0.717, 1.165) is 19.3 Å². The van der Waals surface area contributed by atoms with Crippen molar-refractivity contribution >= 4 is 5.97 Å². The van der Waals surface area contributed by atoms with Crippen molar-refractivity contribution in [3.8, 4) is 0 Å². The fourth-order valence-corrected chi connectivity index (χ4v) is 3.02. The molecule has 0 aliphatic carbocycles. The Kier molecular flexibility index (Phi) is 11.8. The van der Waals surface area contributed by atoms with Crippen molar-refractivity contribution in [2.24, 2.45) is 0 Å². The van der Waals surface area contributed by atoms with Crippen molar-refractivity contribution in [2.45, 2.75) is 97.0 Å². The molecule has 1 N–H and O–H groups in total. The number of ether oxygens (including phenoxy) is 1. The fraction of sp³-hybridized carbons (Fsp3) is 0.625. The van der Waals surface area contributed by atoms with Crippen LogP contribution in [0, 0.1) is 0 Å². The van der Waals surface area contributed by atoms with Crippen molar-refractivity contribution in [1.82, 2.24) is 0 Å². The van der Waals surface area contributed by atoms with Crippen molar-refractivity contribution in [2.75, 3.05) is 0 Å². The first-order valence-electron chi connectivity index (χ1n) is 10.6. The lowest BCUT2D eigenvalue weighted by Crippen LogP contribution is -2.10. The predicted octanol–water partition coefficient (Wildman–Crippen LogP) is 6.47. The number of carbonyl (C=O) groups excluding carboxylic acids is 1. The molecule has 0 aliphatic heterocycles. The van der Waals surface area contributed by atoms with Gasteiger partial charge in [0.05, 0.1) is 12.4 Å². The van der Waals surface area contributed by atoms with E-state index >= 15 is 0 Å². The molecule has 0 saturated heterocycles. The van der Waals surface area contributed by atoms with Gasteiger partial charge >= 0.3 is 5.97 Å². The Morgan fingerprint density at radius 1 is 1.07 bits per heavy atom. The highest BCUT2D eigenvalue weighted by molar-refractivity contribution is 5.70. The number of rotatable bonds is 13. The molecule has 0 amide bonds. The Balaban J connectivity index is 2.27. The van der Waals surface area contributed by atoms with Crippen molar-refractivity contribution in [3.63, 3.8) is 0 Å². The van der Waals surface area contributed by atoms with Crippen LogP contribution in [0.2, 0.25) is 0 Å². The summed E-state index contributed by atoms with van der Waals surface area (Å²) in [6, 6.07) is 8.52. The summed E-state index contributed by atoms with van der Waals surface area (Å²) in [5, 5.41) is 9.96. The smallest absolute Gasteiger partial charge is 0.310 e. The van der Waals surface area contributed by atoms with E-state index in [1.807, 2.05) is 6.08 Å². The normalized spacial score (nSPS) is 13.9. The summed E-state index contributed by atoms with van der Waals surface area (Å²) in [7, 11) is 0.